The molecular weight excluding hydrogens is 186 g/mol. The van der Waals surface area contributed by atoms with E-state index in [1.165, 1.54) is 57.9 Å². The first-order valence-corrected chi connectivity index (χ1v) is 6.66. The largest absolute Gasteiger partial charge is 0.380 e. The summed E-state index contributed by atoms with van der Waals surface area (Å²) in [6.45, 7) is 1.20. The van der Waals surface area contributed by atoms with E-state index in [0.717, 1.165) is 5.92 Å². The van der Waals surface area contributed by atoms with Gasteiger partial charge >= 0.3 is 0 Å². The van der Waals surface area contributed by atoms with E-state index in [9.17, 15) is 0 Å². The van der Waals surface area contributed by atoms with Crippen molar-refractivity contribution in [1.29, 1.82) is 0 Å². The first kappa shape index (κ1) is 11.4. The highest BCUT2D eigenvalue weighted by Crippen LogP contribution is 2.33. The lowest BCUT2D eigenvalue weighted by atomic mass is 9.92. The number of hydrogen-bond acceptors (Lipinski definition) is 2. The average Bonchev–Trinajstić information content (AvgIpc) is 3.09. The molecule has 88 valence electrons. The molecule has 1 N–H and O–H groups in total. The van der Waals surface area contributed by atoms with Gasteiger partial charge in [-0.15, -0.1) is 0 Å². The molecule has 2 nitrogen and oxygen atoms in total. The topological polar surface area (TPSA) is 21.3 Å². The maximum atomic E-state index is 5.53. The van der Waals surface area contributed by atoms with Gasteiger partial charge in [-0.1, -0.05) is 25.7 Å². The number of hydrogen-bond donors (Lipinski definition) is 1. The lowest BCUT2D eigenvalue weighted by Crippen LogP contribution is -2.43. The van der Waals surface area contributed by atoms with Crippen molar-refractivity contribution < 1.29 is 4.74 Å². The van der Waals surface area contributed by atoms with E-state index in [4.69, 9.17) is 4.74 Å². The van der Waals surface area contributed by atoms with Crippen molar-refractivity contribution in [3.05, 3.63) is 0 Å². The van der Waals surface area contributed by atoms with Gasteiger partial charge in [0, 0.05) is 13.2 Å². The van der Waals surface area contributed by atoms with Gasteiger partial charge in [-0.25, -0.2) is 0 Å². The monoisotopic (exact) mass is 211 g/mol. The molecule has 2 saturated carbocycles. The normalized spacial score (nSPS) is 31.8. The molecule has 2 aliphatic carbocycles. The smallest absolute Gasteiger partial charge is 0.0724 e. The number of nitrogens with one attached hydrogen (secondary N) is 1. The summed E-state index contributed by atoms with van der Waals surface area (Å²) in [5.41, 5.74) is 0. The first-order valence-electron chi connectivity index (χ1n) is 6.66. The molecule has 0 aromatic rings. The quantitative estimate of drug-likeness (QED) is 0.682. The van der Waals surface area contributed by atoms with Crippen molar-refractivity contribution in [2.75, 3.05) is 13.7 Å². The van der Waals surface area contributed by atoms with Crippen LogP contribution >= 0.6 is 0 Å². The predicted octanol–water partition coefficient (Wildman–Crippen LogP) is 2.72. The Balaban J connectivity index is 1.58. The third-order valence-corrected chi connectivity index (χ3v) is 3.90. The molecule has 2 aliphatic rings. The Morgan fingerprint density at radius 3 is 2.67 bits per heavy atom. The molecule has 0 saturated heterocycles. The van der Waals surface area contributed by atoms with E-state index in [-0.39, 0.29) is 0 Å². The summed E-state index contributed by atoms with van der Waals surface area (Å²) in [6, 6.07) is 0.628. The van der Waals surface area contributed by atoms with Crippen LogP contribution in [-0.4, -0.2) is 25.8 Å². The molecule has 2 unspecified atom stereocenters. The summed E-state index contributed by atoms with van der Waals surface area (Å²) in [6.07, 6.45) is 11.5. The second-order valence-corrected chi connectivity index (χ2v) is 5.20. The molecule has 2 rings (SSSR count). The summed E-state index contributed by atoms with van der Waals surface area (Å²) >= 11 is 0. The molecule has 0 spiro atoms. The van der Waals surface area contributed by atoms with Crippen LogP contribution in [0.3, 0.4) is 0 Å². The molecule has 15 heavy (non-hydrogen) atoms. The molecule has 0 bridgehead atoms. The fourth-order valence-electron chi connectivity index (χ4n) is 2.70. The fourth-order valence-corrected chi connectivity index (χ4v) is 2.70. The van der Waals surface area contributed by atoms with Crippen molar-refractivity contribution in [2.24, 2.45) is 5.92 Å². The molecule has 0 radical (unpaired) electrons. The summed E-state index contributed by atoms with van der Waals surface area (Å²) in [4.78, 5) is 0. The minimum Gasteiger partial charge on any atom is -0.380 e. The zero-order chi connectivity index (χ0) is 10.5. The maximum absolute atomic E-state index is 5.53. The molecular formula is C13H25NO. The van der Waals surface area contributed by atoms with Crippen LogP contribution in [0, 0.1) is 5.92 Å². The Morgan fingerprint density at radius 1 is 1.13 bits per heavy atom. The minimum absolute atomic E-state index is 0.472. The minimum atomic E-state index is 0.472. The van der Waals surface area contributed by atoms with E-state index in [2.05, 4.69) is 5.32 Å². The lowest BCUT2D eigenvalue weighted by Gasteiger charge is -2.31. The van der Waals surface area contributed by atoms with Gasteiger partial charge in [0.2, 0.25) is 0 Å². The number of methoxy groups -OCH3 is 1. The van der Waals surface area contributed by atoms with E-state index < -0.39 is 0 Å². The van der Waals surface area contributed by atoms with Crippen LogP contribution in [0.25, 0.3) is 0 Å². The van der Waals surface area contributed by atoms with E-state index in [1.54, 1.807) is 0 Å². The molecule has 0 aliphatic heterocycles. The highest BCUT2D eigenvalue weighted by atomic mass is 16.5. The van der Waals surface area contributed by atoms with Gasteiger partial charge in [0.05, 0.1) is 6.10 Å². The van der Waals surface area contributed by atoms with Crippen LogP contribution < -0.4 is 5.32 Å². The van der Waals surface area contributed by atoms with Crippen LogP contribution in [0.5, 0.6) is 0 Å². The molecule has 2 fully saturated rings. The van der Waals surface area contributed by atoms with Crippen molar-refractivity contribution in [3.63, 3.8) is 0 Å². The van der Waals surface area contributed by atoms with Crippen molar-refractivity contribution in [3.8, 4) is 0 Å². The van der Waals surface area contributed by atoms with Crippen molar-refractivity contribution >= 4 is 0 Å². The highest BCUT2D eigenvalue weighted by molar-refractivity contribution is 4.82. The van der Waals surface area contributed by atoms with Crippen LogP contribution in [-0.2, 0) is 4.74 Å². The third-order valence-electron chi connectivity index (χ3n) is 3.90. The molecule has 0 aromatic carbocycles. The molecule has 0 heterocycles. The van der Waals surface area contributed by atoms with Gasteiger partial charge in [0.15, 0.2) is 0 Å². The second-order valence-electron chi connectivity index (χ2n) is 5.20. The van der Waals surface area contributed by atoms with Gasteiger partial charge in [-0.05, 0) is 38.1 Å². The zero-order valence-electron chi connectivity index (χ0n) is 10.0. The number of rotatable bonds is 6. The van der Waals surface area contributed by atoms with Gasteiger partial charge < -0.3 is 10.1 Å². The predicted molar refractivity (Wildman–Crippen MR) is 63.0 cm³/mol. The molecule has 2 atom stereocenters. The summed E-state index contributed by atoms with van der Waals surface area (Å²) < 4.78 is 5.53. The Bertz CT molecular complexity index is 179. The Morgan fingerprint density at radius 2 is 1.93 bits per heavy atom. The summed E-state index contributed by atoms with van der Waals surface area (Å²) in [7, 11) is 1.86. The van der Waals surface area contributed by atoms with E-state index in [1.807, 2.05) is 7.11 Å². The summed E-state index contributed by atoms with van der Waals surface area (Å²) in [5.74, 6) is 1.08. The second kappa shape index (κ2) is 5.86. The van der Waals surface area contributed by atoms with Crippen LogP contribution in [0.2, 0.25) is 0 Å². The third kappa shape index (κ3) is 3.76. The lowest BCUT2D eigenvalue weighted by molar-refractivity contribution is 0.0418. The van der Waals surface area contributed by atoms with Gasteiger partial charge in [0.25, 0.3) is 0 Å². The molecule has 2 heteroatoms. The molecule has 0 amide bonds. The standard InChI is InChI=1S/C13H25NO/c1-15-13-7-3-2-6-12(13)14-10-4-5-11-8-9-11/h11-14H,2-10H2,1H3. The first-order chi connectivity index (χ1) is 7.40. The van der Waals surface area contributed by atoms with Gasteiger partial charge in [-0.2, -0.15) is 0 Å². The Kier molecular flexibility index (Phi) is 4.45. The Labute approximate surface area is 93.8 Å². The highest BCUT2D eigenvalue weighted by Gasteiger charge is 2.24. The number of ether oxygens (including phenoxy) is 1. The van der Waals surface area contributed by atoms with Gasteiger partial charge in [-0.3, -0.25) is 0 Å². The fraction of sp³-hybridized carbons (Fsp3) is 1.00. The molecule has 0 aromatic heterocycles. The van der Waals surface area contributed by atoms with Crippen molar-refractivity contribution in [1.82, 2.24) is 5.32 Å². The summed E-state index contributed by atoms with van der Waals surface area (Å²) in [5, 5.41) is 3.68. The van der Waals surface area contributed by atoms with Gasteiger partial charge in [0.1, 0.15) is 0 Å². The SMILES string of the molecule is COC1CCCCC1NCCCC1CC1. The average molecular weight is 211 g/mol. The van der Waals surface area contributed by atoms with Crippen LogP contribution in [0.15, 0.2) is 0 Å². The van der Waals surface area contributed by atoms with Crippen molar-refractivity contribution in [2.45, 2.75) is 63.5 Å². The van der Waals surface area contributed by atoms with Crippen LogP contribution in [0.1, 0.15) is 51.4 Å². The van der Waals surface area contributed by atoms with Crippen LogP contribution in [0.4, 0.5) is 0 Å². The Hall–Kier alpha value is -0.0800. The van der Waals surface area contributed by atoms with E-state index in [0.29, 0.717) is 12.1 Å². The maximum Gasteiger partial charge on any atom is 0.0724 e. The van der Waals surface area contributed by atoms with E-state index >= 15 is 0 Å². The zero-order valence-corrected chi connectivity index (χ0v) is 10.0.